The number of ether oxygens (including phenoxy) is 2. The molecular weight excluding hydrogens is 456 g/mol. The van der Waals surface area contributed by atoms with Gasteiger partial charge in [-0.25, -0.2) is 9.53 Å². The van der Waals surface area contributed by atoms with Crippen molar-refractivity contribution in [1.29, 1.82) is 0 Å². The number of hydroxylamine groups is 1. The Balaban J connectivity index is 1.70. The summed E-state index contributed by atoms with van der Waals surface area (Å²) in [6.45, 7) is 4.03. The maximum atomic E-state index is 13.3. The van der Waals surface area contributed by atoms with Crippen LogP contribution in [0.5, 0.6) is 5.75 Å². The third kappa shape index (κ3) is 5.00. The van der Waals surface area contributed by atoms with Gasteiger partial charge in [0, 0.05) is 11.6 Å². The number of hydrogen-bond donors (Lipinski definition) is 1. The zero-order chi connectivity index (χ0) is 25.8. The Morgan fingerprint density at radius 3 is 2.28 bits per heavy atom. The van der Waals surface area contributed by atoms with Crippen molar-refractivity contribution in [1.82, 2.24) is 5.32 Å². The smallest absolute Gasteiger partial charge is 0.337 e. The average molecular weight is 485 g/mol. The number of hydrogen-bond acceptors (Lipinski definition) is 5. The first-order valence-corrected chi connectivity index (χ1v) is 11.6. The van der Waals surface area contributed by atoms with Gasteiger partial charge in [0.25, 0.3) is 5.91 Å². The number of rotatable bonds is 7. The fraction of sp³-hybridized carbons (Fsp3) is 0.207. The van der Waals surface area contributed by atoms with Crippen LogP contribution in [0.25, 0.3) is 5.57 Å². The van der Waals surface area contributed by atoms with Crippen LogP contribution in [0.2, 0.25) is 0 Å². The molecule has 0 saturated carbocycles. The molecule has 0 heterocycles. The number of methoxy groups -OCH3 is 1. The highest BCUT2D eigenvalue weighted by Gasteiger charge is 2.38. The predicted molar refractivity (Wildman–Crippen MR) is 138 cm³/mol. The quantitative estimate of drug-likeness (QED) is 0.233. The summed E-state index contributed by atoms with van der Waals surface area (Å²) in [5.41, 5.74) is 4.97. The Kier molecular flexibility index (Phi) is 7.20. The largest absolute Gasteiger partial charge is 0.624 e. The first-order valence-electron chi connectivity index (χ1n) is 11.6. The average Bonchev–Trinajstić information content (AvgIpc) is 3.22. The van der Waals surface area contributed by atoms with Gasteiger partial charge in [0.05, 0.1) is 18.2 Å². The van der Waals surface area contributed by atoms with Gasteiger partial charge in [-0.3, -0.25) is 4.79 Å². The van der Waals surface area contributed by atoms with Crippen molar-refractivity contribution >= 4 is 23.2 Å². The van der Waals surface area contributed by atoms with Gasteiger partial charge in [-0.1, -0.05) is 42.5 Å². The third-order valence-electron chi connectivity index (χ3n) is 5.81. The highest BCUT2D eigenvalue weighted by atomic mass is 16.5. The summed E-state index contributed by atoms with van der Waals surface area (Å²) < 4.78 is 11.5. The minimum atomic E-state index is -0.398. The molecule has 1 aliphatic rings. The SMILES string of the molecule is COC(=O)c1ccc(COc2ccc3c(c2)/C(=[N+](/C)[O-])C(C(=O)NC(C)C)=C3c2ccccc2)cc1. The van der Waals surface area contributed by atoms with Crippen molar-refractivity contribution < 1.29 is 23.8 Å². The number of carbonyl (C=O) groups is 2. The molecular formula is C29H28N2O5. The van der Waals surface area contributed by atoms with Crippen molar-refractivity contribution in [2.24, 2.45) is 0 Å². The van der Waals surface area contributed by atoms with E-state index in [9.17, 15) is 14.8 Å². The van der Waals surface area contributed by atoms with Gasteiger partial charge in [-0.2, -0.15) is 0 Å². The Morgan fingerprint density at radius 1 is 0.972 bits per heavy atom. The van der Waals surface area contributed by atoms with E-state index in [2.05, 4.69) is 5.32 Å². The molecule has 0 bridgehead atoms. The lowest BCUT2D eigenvalue weighted by atomic mass is 9.97. The molecule has 3 aromatic rings. The molecule has 1 N–H and O–H groups in total. The van der Waals surface area contributed by atoms with Crippen molar-refractivity contribution in [2.45, 2.75) is 26.5 Å². The summed E-state index contributed by atoms with van der Waals surface area (Å²) in [5, 5.41) is 15.7. The van der Waals surface area contributed by atoms with E-state index in [-0.39, 0.29) is 18.6 Å². The first-order chi connectivity index (χ1) is 17.3. The molecule has 1 amide bonds. The maximum Gasteiger partial charge on any atom is 0.337 e. The van der Waals surface area contributed by atoms with E-state index in [0.29, 0.717) is 33.7 Å². The van der Waals surface area contributed by atoms with Crippen molar-refractivity contribution in [3.05, 3.63) is 111 Å². The third-order valence-corrected chi connectivity index (χ3v) is 5.81. The summed E-state index contributed by atoms with van der Waals surface area (Å²) in [6, 6.07) is 21.9. The van der Waals surface area contributed by atoms with Crippen LogP contribution in [0, 0.1) is 5.21 Å². The van der Waals surface area contributed by atoms with Crippen LogP contribution in [0.4, 0.5) is 0 Å². The second-order valence-electron chi connectivity index (χ2n) is 8.77. The molecule has 0 aromatic heterocycles. The molecule has 0 saturated heterocycles. The Morgan fingerprint density at radius 2 is 1.67 bits per heavy atom. The van der Waals surface area contributed by atoms with E-state index in [1.165, 1.54) is 14.2 Å². The lowest BCUT2D eigenvalue weighted by molar-refractivity contribution is -0.421. The van der Waals surface area contributed by atoms with Gasteiger partial charge in [-0.15, -0.1) is 0 Å². The standard InChI is InChI=1S/C29H28N2O5/c1-18(2)30-28(32)26-25(20-8-6-5-7-9-20)23-15-14-22(16-24(23)27(26)31(3)34)36-17-19-10-12-21(13-11-19)29(33)35-4/h5-16,18H,17H2,1-4H3,(H,30,32)/b31-27+. The first kappa shape index (κ1) is 24.7. The molecule has 0 fully saturated rings. The van der Waals surface area contributed by atoms with Crippen LogP contribution in [-0.4, -0.2) is 42.5 Å². The lowest BCUT2D eigenvalue weighted by Crippen LogP contribution is -2.34. The Bertz CT molecular complexity index is 1350. The fourth-order valence-electron chi connectivity index (χ4n) is 4.22. The number of carbonyl (C=O) groups excluding carboxylic acids is 2. The van der Waals surface area contributed by atoms with E-state index in [0.717, 1.165) is 21.4 Å². The normalized spacial score (nSPS) is 13.9. The highest BCUT2D eigenvalue weighted by Crippen LogP contribution is 2.39. The van der Waals surface area contributed by atoms with E-state index < -0.39 is 5.97 Å². The zero-order valence-corrected chi connectivity index (χ0v) is 20.7. The van der Waals surface area contributed by atoms with E-state index in [1.54, 1.807) is 30.3 Å². The molecule has 7 heteroatoms. The molecule has 0 aliphatic heterocycles. The number of esters is 1. The van der Waals surface area contributed by atoms with Gasteiger partial charge in [0.2, 0.25) is 5.71 Å². The van der Waals surface area contributed by atoms with E-state index >= 15 is 0 Å². The van der Waals surface area contributed by atoms with Crippen LogP contribution < -0.4 is 10.1 Å². The molecule has 36 heavy (non-hydrogen) atoms. The number of fused-ring (bicyclic) bond motifs is 1. The Labute approximate surface area is 210 Å². The topological polar surface area (TPSA) is 90.7 Å². The van der Waals surface area contributed by atoms with Crippen molar-refractivity contribution in [3.63, 3.8) is 0 Å². The summed E-state index contributed by atoms with van der Waals surface area (Å²) >= 11 is 0. The predicted octanol–water partition coefficient (Wildman–Crippen LogP) is 4.32. The van der Waals surface area contributed by atoms with Gasteiger partial charge >= 0.3 is 5.97 Å². The van der Waals surface area contributed by atoms with E-state index in [1.807, 2.05) is 56.3 Å². The fourth-order valence-corrected chi connectivity index (χ4v) is 4.22. The van der Waals surface area contributed by atoms with Gasteiger partial charge < -0.3 is 20.0 Å². The van der Waals surface area contributed by atoms with Crippen LogP contribution in [0.3, 0.4) is 0 Å². The number of nitrogens with one attached hydrogen (secondary N) is 1. The van der Waals surface area contributed by atoms with Crippen LogP contribution in [0.1, 0.15) is 46.5 Å². The lowest BCUT2D eigenvalue weighted by Gasteiger charge is -2.12. The molecule has 4 rings (SSSR count). The maximum absolute atomic E-state index is 13.3. The minimum absolute atomic E-state index is 0.0894. The highest BCUT2D eigenvalue weighted by molar-refractivity contribution is 6.36. The molecule has 0 spiro atoms. The molecule has 0 unspecified atom stereocenters. The molecule has 184 valence electrons. The molecule has 1 aliphatic carbocycles. The van der Waals surface area contributed by atoms with Crippen LogP contribution in [-0.2, 0) is 16.1 Å². The summed E-state index contributed by atoms with van der Waals surface area (Å²) in [4.78, 5) is 24.9. The number of amides is 1. The van der Waals surface area contributed by atoms with Crippen molar-refractivity contribution in [2.75, 3.05) is 14.2 Å². The summed E-state index contributed by atoms with van der Waals surface area (Å²) in [7, 11) is 2.74. The number of nitrogens with zero attached hydrogens (tertiary/aromatic N) is 1. The zero-order valence-electron chi connectivity index (χ0n) is 20.7. The van der Waals surface area contributed by atoms with Gasteiger partial charge in [-0.05, 0) is 60.9 Å². The summed E-state index contributed by atoms with van der Waals surface area (Å²) in [6.07, 6.45) is 0. The molecule has 3 aromatic carbocycles. The molecule has 7 nitrogen and oxygen atoms in total. The van der Waals surface area contributed by atoms with Crippen LogP contribution in [0.15, 0.2) is 78.4 Å². The minimum Gasteiger partial charge on any atom is -0.624 e. The van der Waals surface area contributed by atoms with Crippen LogP contribution >= 0.6 is 0 Å². The van der Waals surface area contributed by atoms with Gasteiger partial charge in [0.15, 0.2) is 0 Å². The Hall–Kier alpha value is -4.39. The monoisotopic (exact) mass is 484 g/mol. The summed E-state index contributed by atoms with van der Waals surface area (Å²) in [5.74, 6) is -0.140. The van der Waals surface area contributed by atoms with Gasteiger partial charge in [0.1, 0.15) is 25.0 Å². The molecule has 0 radical (unpaired) electrons. The number of benzene rings is 3. The molecule has 0 atom stereocenters. The van der Waals surface area contributed by atoms with Crippen molar-refractivity contribution in [3.8, 4) is 5.75 Å². The van der Waals surface area contributed by atoms with E-state index in [4.69, 9.17) is 9.47 Å². The second kappa shape index (κ2) is 10.5. The second-order valence-corrected chi connectivity index (χ2v) is 8.77.